The fourth-order valence-electron chi connectivity index (χ4n) is 4.29. The number of benzene rings is 3. The van der Waals surface area contributed by atoms with Gasteiger partial charge < -0.3 is 9.73 Å². The summed E-state index contributed by atoms with van der Waals surface area (Å²) in [5.41, 5.74) is 1.97. The van der Waals surface area contributed by atoms with Gasteiger partial charge in [0, 0.05) is 22.0 Å². The predicted octanol–water partition coefficient (Wildman–Crippen LogP) is 6.90. The van der Waals surface area contributed by atoms with E-state index in [1.807, 2.05) is 97.2 Å². The highest BCUT2D eigenvalue weighted by Crippen LogP contribution is 2.34. The van der Waals surface area contributed by atoms with Crippen LogP contribution in [0, 0.1) is 6.92 Å². The van der Waals surface area contributed by atoms with E-state index in [2.05, 4.69) is 5.32 Å². The number of thiophene rings is 1. The van der Waals surface area contributed by atoms with Gasteiger partial charge in [-0.2, -0.15) is 0 Å². The SMILES string of the molecule is Cc1ccc(-c2csc3nc(SCC(=O)Nc4cccc5ccccc45)n(-c4ccccc4)c(=O)c23)o1. The Kier molecular flexibility index (Phi) is 6.12. The van der Waals surface area contributed by atoms with Gasteiger partial charge in [0.05, 0.1) is 16.8 Å². The molecule has 3 aromatic heterocycles. The van der Waals surface area contributed by atoms with E-state index in [-0.39, 0.29) is 17.2 Å². The van der Waals surface area contributed by atoms with Crippen molar-refractivity contribution in [3.63, 3.8) is 0 Å². The minimum absolute atomic E-state index is 0.101. The number of fused-ring (bicyclic) bond motifs is 2. The normalized spacial score (nSPS) is 11.3. The molecular weight excluding hydrogens is 502 g/mol. The molecule has 6 aromatic rings. The smallest absolute Gasteiger partial charge is 0.268 e. The minimum Gasteiger partial charge on any atom is -0.461 e. The lowest BCUT2D eigenvalue weighted by Gasteiger charge is -2.13. The maximum Gasteiger partial charge on any atom is 0.268 e. The van der Waals surface area contributed by atoms with Gasteiger partial charge in [0.2, 0.25) is 5.91 Å². The second kappa shape index (κ2) is 9.72. The fraction of sp³-hybridized carbons (Fsp3) is 0.0690. The second-order valence-corrected chi connectivity index (χ2v) is 10.3. The summed E-state index contributed by atoms with van der Waals surface area (Å²) in [6.45, 7) is 1.87. The highest BCUT2D eigenvalue weighted by Gasteiger charge is 2.20. The summed E-state index contributed by atoms with van der Waals surface area (Å²) in [6, 6.07) is 26.8. The third-order valence-electron chi connectivity index (χ3n) is 5.99. The highest BCUT2D eigenvalue weighted by atomic mass is 32.2. The van der Waals surface area contributed by atoms with Crippen LogP contribution in [0.15, 0.2) is 105 Å². The van der Waals surface area contributed by atoms with Gasteiger partial charge in [-0.1, -0.05) is 66.4 Å². The number of carbonyl (C=O) groups excluding carboxylic acids is 1. The summed E-state index contributed by atoms with van der Waals surface area (Å²) >= 11 is 2.63. The molecule has 0 aliphatic carbocycles. The summed E-state index contributed by atoms with van der Waals surface area (Å²) in [5.74, 6) is 1.34. The first-order valence-electron chi connectivity index (χ1n) is 11.7. The van der Waals surface area contributed by atoms with Gasteiger partial charge in [-0.05, 0) is 42.6 Å². The average Bonchev–Trinajstić information content (AvgIpc) is 3.54. The van der Waals surface area contributed by atoms with Crippen molar-refractivity contribution >= 4 is 55.7 Å². The Bertz CT molecular complexity index is 1810. The summed E-state index contributed by atoms with van der Waals surface area (Å²) in [7, 11) is 0. The third-order valence-corrected chi connectivity index (χ3v) is 7.80. The van der Waals surface area contributed by atoms with E-state index in [0.717, 1.165) is 27.8 Å². The number of furan rings is 1. The zero-order chi connectivity index (χ0) is 25.4. The Labute approximate surface area is 220 Å². The molecule has 3 heterocycles. The number of para-hydroxylation sites is 1. The van der Waals surface area contributed by atoms with Crippen molar-refractivity contribution in [3.05, 3.63) is 106 Å². The lowest BCUT2D eigenvalue weighted by Crippen LogP contribution is -2.22. The molecule has 1 N–H and O–H groups in total. The zero-order valence-electron chi connectivity index (χ0n) is 19.8. The van der Waals surface area contributed by atoms with Gasteiger partial charge >= 0.3 is 0 Å². The molecule has 0 fully saturated rings. The first-order chi connectivity index (χ1) is 18.1. The van der Waals surface area contributed by atoms with Crippen LogP contribution in [0.5, 0.6) is 0 Å². The van der Waals surface area contributed by atoms with Crippen molar-refractivity contribution in [1.82, 2.24) is 9.55 Å². The van der Waals surface area contributed by atoms with Crippen molar-refractivity contribution in [3.8, 4) is 17.0 Å². The van der Waals surface area contributed by atoms with E-state index in [1.165, 1.54) is 23.1 Å². The van der Waals surface area contributed by atoms with Gasteiger partial charge in [0.1, 0.15) is 16.4 Å². The molecule has 0 saturated heterocycles. The Morgan fingerprint density at radius 1 is 1.00 bits per heavy atom. The fourth-order valence-corrected chi connectivity index (χ4v) is 6.07. The van der Waals surface area contributed by atoms with Crippen molar-refractivity contribution in [2.45, 2.75) is 12.1 Å². The van der Waals surface area contributed by atoms with Crippen LogP contribution in [0.1, 0.15) is 5.76 Å². The van der Waals surface area contributed by atoms with E-state index in [4.69, 9.17) is 9.40 Å². The number of thioether (sulfide) groups is 1. The Morgan fingerprint density at radius 3 is 2.59 bits per heavy atom. The number of aromatic nitrogens is 2. The monoisotopic (exact) mass is 523 g/mol. The van der Waals surface area contributed by atoms with Crippen LogP contribution in [0.4, 0.5) is 5.69 Å². The second-order valence-electron chi connectivity index (χ2n) is 8.47. The molecule has 0 radical (unpaired) electrons. The van der Waals surface area contributed by atoms with Crippen molar-refractivity contribution in [2.75, 3.05) is 11.1 Å². The summed E-state index contributed by atoms with van der Waals surface area (Å²) in [6.07, 6.45) is 0. The number of amides is 1. The van der Waals surface area contributed by atoms with Crippen LogP contribution < -0.4 is 10.9 Å². The van der Waals surface area contributed by atoms with E-state index in [9.17, 15) is 9.59 Å². The highest BCUT2D eigenvalue weighted by molar-refractivity contribution is 7.99. The molecule has 37 heavy (non-hydrogen) atoms. The number of nitrogens with zero attached hydrogens (tertiary/aromatic N) is 2. The number of carbonyl (C=O) groups is 1. The van der Waals surface area contributed by atoms with Crippen LogP contribution in [0.3, 0.4) is 0 Å². The molecule has 0 unspecified atom stereocenters. The Hall–Kier alpha value is -4.14. The molecule has 182 valence electrons. The molecule has 0 saturated carbocycles. The average molecular weight is 524 g/mol. The molecule has 0 spiro atoms. The summed E-state index contributed by atoms with van der Waals surface area (Å²) in [5, 5.41) is 7.90. The molecule has 0 atom stereocenters. The minimum atomic E-state index is -0.196. The number of hydrogen-bond donors (Lipinski definition) is 1. The summed E-state index contributed by atoms with van der Waals surface area (Å²) in [4.78, 5) is 32.3. The van der Waals surface area contributed by atoms with Crippen LogP contribution in [0.25, 0.3) is 38.0 Å². The maximum atomic E-state index is 13.9. The van der Waals surface area contributed by atoms with Gasteiger partial charge in [-0.15, -0.1) is 11.3 Å². The third kappa shape index (κ3) is 4.45. The van der Waals surface area contributed by atoms with Gasteiger partial charge in [-0.3, -0.25) is 14.2 Å². The lowest BCUT2D eigenvalue weighted by molar-refractivity contribution is -0.113. The van der Waals surface area contributed by atoms with E-state index < -0.39 is 0 Å². The van der Waals surface area contributed by atoms with Crippen LogP contribution >= 0.6 is 23.1 Å². The topological polar surface area (TPSA) is 77.1 Å². The lowest BCUT2D eigenvalue weighted by atomic mass is 10.1. The van der Waals surface area contributed by atoms with Gasteiger partial charge in [0.25, 0.3) is 5.56 Å². The number of rotatable bonds is 6. The van der Waals surface area contributed by atoms with E-state index in [0.29, 0.717) is 26.8 Å². The first-order valence-corrected chi connectivity index (χ1v) is 13.5. The zero-order valence-corrected chi connectivity index (χ0v) is 21.4. The Morgan fingerprint density at radius 2 is 1.78 bits per heavy atom. The predicted molar refractivity (Wildman–Crippen MR) is 151 cm³/mol. The van der Waals surface area contributed by atoms with Crippen molar-refractivity contribution < 1.29 is 9.21 Å². The van der Waals surface area contributed by atoms with E-state index >= 15 is 0 Å². The molecule has 8 heteroatoms. The molecule has 1 amide bonds. The molecule has 6 nitrogen and oxygen atoms in total. The number of hydrogen-bond acceptors (Lipinski definition) is 6. The maximum absolute atomic E-state index is 13.9. The molecule has 6 rings (SSSR count). The van der Waals surface area contributed by atoms with Crippen molar-refractivity contribution in [2.24, 2.45) is 0 Å². The first kappa shape index (κ1) is 23.3. The summed E-state index contributed by atoms with van der Waals surface area (Å²) < 4.78 is 7.38. The molecule has 3 aromatic carbocycles. The quantitative estimate of drug-likeness (QED) is 0.190. The molecule has 0 aliphatic heterocycles. The molecule has 0 aliphatic rings. The largest absolute Gasteiger partial charge is 0.461 e. The van der Waals surface area contributed by atoms with Crippen LogP contribution in [-0.4, -0.2) is 21.2 Å². The molecular formula is C29H21N3O3S2. The van der Waals surface area contributed by atoms with Crippen molar-refractivity contribution in [1.29, 1.82) is 0 Å². The van der Waals surface area contributed by atoms with Crippen LogP contribution in [0.2, 0.25) is 0 Å². The van der Waals surface area contributed by atoms with E-state index in [1.54, 1.807) is 4.57 Å². The Balaban J connectivity index is 1.36. The number of anilines is 1. The number of aryl methyl sites for hydroxylation is 1. The van der Waals surface area contributed by atoms with Crippen LogP contribution in [-0.2, 0) is 4.79 Å². The van der Waals surface area contributed by atoms with Gasteiger partial charge in [-0.25, -0.2) is 4.98 Å². The molecule has 0 bridgehead atoms. The number of nitrogens with one attached hydrogen (secondary N) is 1. The van der Waals surface area contributed by atoms with Gasteiger partial charge in [0.15, 0.2) is 5.16 Å². The standard InChI is InChI=1S/C29H21N3O3S2/c1-18-14-15-24(35-18)22-16-36-27-26(22)28(34)32(20-10-3-2-4-11-20)29(31-27)37-17-25(33)30-23-13-7-9-19-8-5-6-12-21(19)23/h2-16H,17H2,1H3,(H,30,33).